The third-order valence-corrected chi connectivity index (χ3v) is 6.91. The minimum absolute atomic E-state index is 0.236. The summed E-state index contributed by atoms with van der Waals surface area (Å²) in [5, 5.41) is 0. The van der Waals surface area contributed by atoms with Crippen LogP contribution in [-0.2, 0) is 0 Å². The van der Waals surface area contributed by atoms with Gasteiger partial charge in [0.1, 0.15) is 4.86 Å². The van der Waals surface area contributed by atoms with Gasteiger partial charge in [-0.2, -0.15) is 0 Å². The van der Waals surface area contributed by atoms with Crippen molar-refractivity contribution in [2.24, 2.45) is 0 Å². The Morgan fingerprint density at radius 1 is 0.433 bits per heavy atom. The molecule has 0 aliphatic heterocycles. The molecule has 2 nitrogen and oxygen atoms in total. The molecular formula is C27H20O2S. The molecular weight excluding hydrogens is 388 g/mol. The number of carbonyl (C=O) groups is 2. The molecule has 0 amide bonds. The molecule has 30 heavy (non-hydrogen) atoms. The zero-order valence-electron chi connectivity index (χ0n) is 16.3. The molecule has 0 heterocycles. The fraction of sp³-hybridized carbons (Fsp3) is 0. The molecule has 146 valence electrons. The Morgan fingerprint density at radius 3 is 1.07 bits per heavy atom. The zero-order chi connectivity index (χ0) is 20.8. The summed E-state index contributed by atoms with van der Waals surface area (Å²) in [5.41, 5.74) is 1.03. The summed E-state index contributed by atoms with van der Waals surface area (Å²) in [6, 6.07) is 37.6. The van der Waals surface area contributed by atoms with Crippen LogP contribution in [0.15, 0.2) is 131 Å². The van der Waals surface area contributed by atoms with E-state index in [0.29, 0.717) is 11.1 Å². The van der Waals surface area contributed by atoms with Crippen molar-refractivity contribution in [3.8, 4) is 0 Å². The van der Waals surface area contributed by atoms with Crippen molar-refractivity contribution in [1.29, 1.82) is 0 Å². The van der Waals surface area contributed by atoms with Gasteiger partial charge in [0.05, 0.1) is 0 Å². The van der Waals surface area contributed by atoms with Crippen molar-refractivity contribution >= 4 is 26.9 Å². The van der Waals surface area contributed by atoms with Crippen LogP contribution in [0.4, 0.5) is 0 Å². The van der Waals surface area contributed by atoms with E-state index < -0.39 is 10.5 Å². The summed E-state index contributed by atoms with van der Waals surface area (Å²) < 4.78 is 0. The SMILES string of the molecule is O=C(C(C(=O)c1ccccc1)=S(c1ccccc1)c1ccccc1)c1ccccc1. The third-order valence-electron chi connectivity index (χ3n) is 4.65. The molecule has 0 spiro atoms. The largest absolute Gasteiger partial charge is 0.288 e. The van der Waals surface area contributed by atoms with E-state index in [1.807, 2.05) is 97.1 Å². The van der Waals surface area contributed by atoms with Gasteiger partial charge in [0.15, 0.2) is 0 Å². The summed E-state index contributed by atoms with van der Waals surface area (Å²) in [7, 11) is -0.833. The number of carbonyl (C=O) groups excluding carboxylic acids is 2. The summed E-state index contributed by atoms with van der Waals surface area (Å²) in [6.45, 7) is 0. The molecule has 4 aromatic carbocycles. The highest BCUT2D eigenvalue weighted by atomic mass is 32.2. The fourth-order valence-electron chi connectivity index (χ4n) is 3.21. The highest BCUT2D eigenvalue weighted by molar-refractivity contribution is 8.18. The van der Waals surface area contributed by atoms with Crippen LogP contribution in [0.1, 0.15) is 20.7 Å². The topological polar surface area (TPSA) is 34.1 Å². The maximum Gasteiger partial charge on any atom is 0.203 e. The minimum atomic E-state index is -0.833. The zero-order valence-corrected chi connectivity index (χ0v) is 17.1. The Bertz CT molecular complexity index is 1090. The maximum absolute atomic E-state index is 13.7. The number of hydrogen-bond donors (Lipinski definition) is 0. The molecule has 0 aliphatic rings. The molecule has 4 aromatic rings. The predicted octanol–water partition coefficient (Wildman–Crippen LogP) is 6.31. The lowest BCUT2D eigenvalue weighted by Crippen LogP contribution is -2.25. The first-order chi connectivity index (χ1) is 14.8. The maximum atomic E-state index is 13.7. The Kier molecular flexibility index (Phi) is 6.11. The van der Waals surface area contributed by atoms with E-state index in [1.165, 1.54) is 0 Å². The lowest BCUT2D eigenvalue weighted by atomic mass is 10.0. The summed E-state index contributed by atoms with van der Waals surface area (Å²) >= 11 is 0. The second-order valence-corrected chi connectivity index (χ2v) is 8.62. The quantitative estimate of drug-likeness (QED) is 0.213. The summed E-state index contributed by atoms with van der Waals surface area (Å²) in [5.74, 6) is -0.471. The predicted molar refractivity (Wildman–Crippen MR) is 124 cm³/mol. The van der Waals surface area contributed by atoms with E-state index in [-0.39, 0.29) is 16.4 Å². The molecule has 0 atom stereocenters. The van der Waals surface area contributed by atoms with Crippen LogP contribution in [0.5, 0.6) is 0 Å². The molecule has 0 aromatic heterocycles. The molecule has 0 aliphatic carbocycles. The van der Waals surface area contributed by atoms with E-state index in [4.69, 9.17) is 0 Å². The van der Waals surface area contributed by atoms with Crippen LogP contribution >= 0.6 is 10.5 Å². The first-order valence-corrected chi connectivity index (χ1v) is 10.9. The van der Waals surface area contributed by atoms with Gasteiger partial charge in [-0.1, -0.05) is 97.1 Å². The van der Waals surface area contributed by atoms with Gasteiger partial charge in [-0.05, 0) is 24.3 Å². The number of rotatable bonds is 6. The number of hydrogen-bond acceptors (Lipinski definition) is 2. The van der Waals surface area contributed by atoms with Crippen LogP contribution < -0.4 is 0 Å². The number of ketones is 2. The lowest BCUT2D eigenvalue weighted by Gasteiger charge is -2.17. The van der Waals surface area contributed by atoms with Crippen LogP contribution in [0.3, 0.4) is 0 Å². The van der Waals surface area contributed by atoms with Crippen molar-refractivity contribution in [2.45, 2.75) is 9.79 Å². The van der Waals surface area contributed by atoms with Crippen molar-refractivity contribution in [3.63, 3.8) is 0 Å². The highest BCUT2D eigenvalue weighted by Crippen LogP contribution is 2.38. The van der Waals surface area contributed by atoms with Gasteiger partial charge in [0.2, 0.25) is 11.6 Å². The van der Waals surface area contributed by atoms with Crippen LogP contribution in [-0.4, -0.2) is 16.4 Å². The first-order valence-electron chi connectivity index (χ1n) is 9.66. The molecule has 0 saturated heterocycles. The Labute approximate surface area is 178 Å². The third kappa shape index (κ3) is 4.22. The monoisotopic (exact) mass is 408 g/mol. The van der Waals surface area contributed by atoms with Crippen LogP contribution in [0.2, 0.25) is 0 Å². The van der Waals surface area contributed by atoms with Crippen molar-refractivity contribution in [3.05, 3.63) is 132 Å². The van der Waals surface area contributed by atoms with Crippen LogP contribution in [0.25, 0.3) is 0 Å². The van der Waals surface area contributed by atoms with Gasteiger partial charge in [0, 0.05) is 20.9 Å². The average molecular weight is 409 g/mol. The van der Waals surface area contributed by atoms with Gasteiger partial charge in [-0.3, -0.25) is 9.59 Å². The highest BCUT2D eigenvalue weighted by Gasteiger charge is 2.26. The van der Waals surface area contributed by atoms with Crippen molar-refractivity contribution < 1.29 is 9.59 Å². The average Bonchev–Trinajstić information content (AvgIpc) is 2.84. The first kappa shape index (κ1) is 19.7. The van der Waals surface area contributed by atoms with Gasteiger partial charge in [0.25, 0.3) is 0 Å². The second-order valence-electron chi connectivity index (χ2n) is 6.65. The smallest absolute Gasteiger partial charge is 0.203 e. The fourth-order valence-corrected chi connectivity index (χ4v) is 5.42. The molecule has 0 radical (unpaired) electrons. The van der Waals surface area contributed by atoms with E-state index in [2.05, 4.69) is 0 Å². The van der Waals surface area contributed by atoms with Crippen molar-refractivity contribution in [1.82, 2.24) is 0 Å². The Balaban J connectivity index is 2.03. The minimum Gasteiger partial charge on any atom is -0.288 e. The van der Waals surface area contributed by atoms with Crippen LogP contribution in [0, 0.1) is 0 Å². The van der Waals surface area contributed by atoms with Gasteiger partial charge < -0.3 is 0 Å². The van der Waals surface area contributed by atoms with Gasteiger partial charge >= 0.3 is 0 Å². The number of benzene rings is 4. The van der Waals surface area contributed by atoms with E-state index in [1.54, 1.807) is 24.3 Å². The van der Waals surface area contributed by atoms with Crippen molar-refractivity contribution in [2.75, 3.05) is 0 Å². The molecule has 0 N–H and O–H groups in total. The van der Waals surface area contributed by atoms with Gasteiger partial charge in [-0.25, -0.2) is 0 Å². The normalized spacial score (nSPS) is 10.6. The van der Waals surface area contributed by atoms with E-state index >= 15 is 0 Å². The summed E-state index contributed by atoms with van der Waals surface area (Å²) in [4.78, 5) is 29.6. The molecule has 4 rings (SSSR count). The molecule has 0 unspecified atom stereocenters. The lowest BCUT2D eigenvalue weighted by molar-refractivity contribution is 0.102. The van der Waals surface area contributed by atoms with Gasteiger partial charge in [-0.15, -0.1) is 10.5 Å². The molecule has 0 bridgehead atoms. The Hall–Kier alpha value is -3.56. The molecule has 3 heteroatoms. The molecule has 0 saturated carbocycles. The van der Waals surface area contributed by atoms with E-state index in [9.17, 15) is 9.59 Å². The standard InChI is InChI=1S/C27H20O2S/c28-25(21-13-5-1-6-14-21)27(26(29)22-15-7-2-8-16-22)30(23-17-9-3-10-18-23)24-19-11-4-12-20-24/h1-20H. The Morgan fingerprint density at radius 2 is 0.733 bits per heavy atom. The summed E-state index contributed by atoms with van der Waals surface area (Å²) in [6.07, 6.45) is 0. The molecule has 0 fully saturated rings. The number of Topliss-reactive ketones (excluding diaryl/α,β-unsaturated/α-hetero) is 2. The second kappa shape index (κ2) is 9.29. The van der Waals surface area contributed by atoms with E-state index in [0.717, 1.165) is 9.79 Å².